The van der Waals surface area contributed by atoms with Crippen molar-refractivity contribution >= 4 is 17.1 Å². The molecule has 0 unspecified atom stereocenters. The van der Waals surface area contributed by atoms with E-state index in [9.17, 15) is 4.79 Å². The molecule has 2 N–H and O–H groups in total. The average Bonchev–Trinajstić information content (AvgIpc) is 2.69. The van der Waals surface area contributed by atoms with Gasteiger partial charge in [-0.2, -0.15) is 0 Å². The van der Waals surface area contributed by atoms with Gasteiger partial charge in [0, 0.05) is 32.1 Å². The van der Waals surface area contributed by atoms with Gasteiger partial charge in [0.05, 0.1) is 0 Å². The Labute approximate surface area is 86.9 Å². The van der Waals surface area contributed by atoms with Crippen LogP contribution in [-0.2, 0) is 11.2 Å². The summed E-state index contributed by atoms with van der Waals surface area (Å²) in [5.74, 6) is 0.0354. The zero-order valence-corrected chi connectivity index (χ0v) is 8.45. The maximum absolute atomic E-state index is 11.1. The van der Waals surface area contributed by atoms with Crippen LogP contribution in [0.4, 0.5) is 0 Å². The number of H-pyrrole nitrogens is 1. The van der Waals surface area contributed by atoms with E-state index in [1.165, 1.54) is 0 Å². The Hall–Kier alpha value is -1.91. The van der Waals surface area contributed by atoms with Crippen molar-refractivity contribution in [1.82, 2.24) is 20.3 Å². The molecule has 0 saturated carbocycles. The van der Waals surface area contributed by atoms with Gasteiger partial charge in [0.1, 0.15) is 5.52 Å². The summed E-state index contributed by atoms with van der Waals surface area (Å²) >= 11 is 0. The summed E-state index contributed by atoms with van der Waals surface area (Å²) in [6, 6.07) is 0. The van der Waals surface area contributed by atoms with Gasteiger partial charge in [0.2, 0.25) is 5.91 Å². The second-order valence-corrected chi connectivity index (χ2v) is 3.24. The van der Waals surface area contributed by atoms with E-state index in [1.54, 1.807) is 19.4 Å². The quantitative estimate of drug-likeness (QED) is 0.770. The van der Waals surface area contributed by atoms with Crippen molar-refractivity contribution in [3.05, 3.63) is 24.2 Å². The van der Waals surface area contributed by atoms with Crippen LogP contribution in [0, 0.1) is 0 Å². The van der Waals surface area contributed by atoms with Crippen LogP contribution in [-0.4, -0.2) is 27.9 Å². The van der Waals surface area contributed by atoms with Crippen LogP contribution in [0.5, 0.6) is 0 Å². The lowest BCUT2D eigenvalue weighted by Gasteiger charge is -1.97. The molecular weight excluding hydrogens is 192 g/mol. The standard InChI is InChI=1S/C10H12N4O/c1-11-8(15)3-2-7-6-14-10-9(7)12-4-5-13-10/h4-6H,2-3H2,1H3,(H,11,15)(H,13,14). The van der Waals surface area contributed by atoms with Crippen LogP contribution in [0.3, 0.4) is 0 Å². The molecular formula is C10H12N4O. The molecule has 2 rings (SSSR count). The van der Waals surface area contributed by atoms with Crippen molar-refractivity contribution < 1.29 is 4.79 Å². The van der Waals surface area contributed by atoms with E-state index in [0.717, 1.165) is 16.7 Å². The fourth-order valence-corrected chi connectivity index (χ4v) is 1.47. The molecule has 2 aromatic rings. The van der Waals surface area contributed by atoms with Crippen molar-refractivity contribution in [2.24, 2.45) is 0 Å². The second-order valence-electron chi connectivity index (χ2n) is 3.24. The van der Waals surface area contributed by atoms with E-state index in [0.29, 0.717) is 12.8 Å². The van der Waals surface area contributed by atoms with Gasteiger partial charge in [0.15, 0.2) is 5.65 Å². The first-order valence-electron chi connectivity index (χ1n) is 4.79. The van der Waals surface area contributed by atoms with Crippen LogP contribution in [0.25, 0.3) is 11.2 Å². The minimum absolute atomic E-state index is 0.0354. The predicted octanol–water partition coefficient (Wildman–Crippen LogP) is 0.636. The number of carbonyl (C=O) groups excluding carboxylic acids is 1. The van der Waals surface area contributed by atoms with E-state index in [1.807, 2.05) is 6.20 Å². The molecule has 15 heavy (non-hydrogen) atoms. The van der Waals surface area contributed by atoms with Crippen molar-refractivity contribution in [2.75, 3.05) is 7.05 Å². The van der Waals surface area contributed by atoms with Gasteiger partial charge in [-0.15, -0.1) is 0 Å². The molecule has 78 valence electrons. The van der Waals surface area contributed by atoms with E-state index in [2.05, 4.69) is 20.3 Å². The SMILES string of the molecule is CNC(=O)CCc1c[nH]c2nccnc12. The summed E-state index contributed by atoms with van der Waals surface area (Å²) in [7, 11) is 1.64. The third kappa shape index (κ3) is 1.96. The Morgan fingerprint density at radius 2 is 2.27 bits per heavy atom. The van der Waals surface area contributed by atoms with Crippen LogP contribution in [0.2, 0.25) is 0 Å². The van der Waals surface area contributed by atoms with Crippen molar-refractivity contribution in [3.8, 4) is 0 Å². The molecule has 0 fully saturated rings. The van der Waals surface area contributed by atoms with Crippen LogP contribution >= 0.6 is 0 Å². The lowest BCUT2D eigenvalue weighted by molar-refractivity contribution is -0.120. The van der Waals surface area contributed by atoms with Crippen molar-refractivity contribution in [3.63, 3.8) is 0 Å². The van der Waals surface area contributed by atoms with Gasteiger partial charge in [-0.05, 0) is 12.0 Å². The molecule has 2 heterocycles. The number of aryl methyl sites for hydroxylation is 1. The normalized spacial score (nSPS) is 10.5. The number of nitrogens with zero attached hydrogens (tertiary/aromatic N) is 2. The summed E-state index contributed by atoms with van der Waals surface area (Å²) < 4.78 is 0. The highest BCUT2D eigenvalue weighted by Gasteiger charge is 2.06. The Balaban J connectivity index is 2.18. The Morgan fingerprint density at radius 3 is 3.07 bits per heavy atom. The molecule has 0 saturated heterocycles. The van der Waals surface area contributed by atoms with E-state index in [-0.39, 0.29) is 5.91 Å². The summed E-state index contributed by atoms with van der Waals surface area (Å²) in [5, 5.41) is 2.59. The summed E-state index contributed by atoms with van der Waals surface area (Å²) in [6.07, 6.45) is 6.30. The number of nitrogens with one attached hydrogen (secondary N) is 2. The maximum atomic E-state index is 11.1. The third-order valence-corrected chi connectivity index (χ3v) is 2.29. The van der Waals surface area contributed by atoms with Gasteiger partial charge in [-0.3, -0.25) is 9.78 Å². The zero-order chi connectivity index (χ0) is 10.7. The van der Waals surface area contributed by atoms with Crippen LogP contribution in [0.1, 0.15) is 12.0 Å². The third-order valence-electron chi connectivity index (χ3n) is 2.29. The molecule has 5 nitrogen and oxygen atoms in total. The molecule has 1 amide bonds. The summed E-state index contributed by atoms with van der Waals surface area (Å²) in [4.78, 5) is 22.5. The summed E-state index contributed by atoms with van der Waals surface area (Å²) in [6.45, 7) is 0. The predicted molar refractivity (Wildman–Crippen MR) is 56.3 cm³/mol. The largest absolute Gasteiger partial charge is 0.359 e. The molecule has 0 radical (unpaired) electrons. The zero-order valence-electron chi connectivity index (χ0n) is 8.45. The fraction of sp³-hybridized carbons (Fsp3) is 0.300. The summed E-state index contributed by atoms with van der Waals surface area (Å²) in [5.41, 5.74) is 2.65. The maximum Gasteiger partial charge on any atom is 0.220 e. The number of rotatable bonds is 3. The molecule has 0 aliphatic heterocycles. The molecule has 0 aliphatic carbocycles. The minimum atomic E-state index is 0.0354. The van der Waals surface area contributed by atoms with Gasteiger partial charge >= 0.3 is 0 Å². The monoisotopic (exact) mass is 204 g/mol. The Morgan fingerprint density at radius 1 is 1.47 bits per heavy atom. The van der Waals surface area contributed by atoms with Crippen molar-refractivity contribution in [2.45, 2.75) is 12.8 Å². The second kappa shape index (κ2) is 4.08. The number of aromatic nitrogens is 3. The smallest absolute Gasteiger partial charge is 0.220 e. The highest BCUT2D eigenvalue weighted by molar-refractivity contribution is 5.78. The Bertz CT molecular complexity index is 477. The molecule has 0 aliphatic rings. The molecule has 2 aromatic heterocycles. The average molecular weight is 204 g/mol. The number of fused-ring (bicyclic) bond motifs is 1. The first kappa shape index (κ1) is 9.64. The highest BCUT2D eigenvalue weighted by Crippen LogP contribution is 2.14. The van der Waals surface area contributed by atoms with E-state index in [4.69, 9.17) is 0 Å². The van der Waals surface area contributed by atoms with Gasteiger partial charge in [-0.1, -0.05) is 0 Å². The number of amides is 1. The molecule has 0 aromatic carbocycles. The van der Waals surface area contributed by atoms with Crippen LogP contribution < -0.4 is 5.32 Å². The van der Waals surface area contributed by atoms with Crippen molar-refractivity contribution in [1.29, 1.82) is 0 Å². The van der Waals surface area contributed by atoms with Crippen LogP contribution in [0.15, 0.2) is 18.6 Å². The van der Waals surface area contributed by atoms with E-state index >= 15 is 0 Å². The number of hydrogen-bond donors (Lipinski definition) is 2. The first-order valence-corrected chi connectivity index (χ1v) is 4.79. The molecule has 0 bridgehead atoms. The number of hydrogen-bond acceptors (Lipinski definition) is 3. The topological polar surface area (TPSA) is 70.7 Å². The molecule has 0 spiro atoms. The lowest BCUT2D eigenvalue weighted by atomic mass is 10.1. The minimum Gasteiger partial charge on any atom is -0.359 e. The molecule has 0 atom stereocenters. The number of aromatic amines is 1. The highest BCUT2D eigenvalue weighted by atomic mass is 16.1. The number of carbonyl (C=O) groups is 1. The fourth-order valence-electron chi connectivity index (χ4n) is 1.47. The Kier molecular flexibility index (Phi) is 2.62. The van der Waals surface area contributed by atoms with Gasteiger partial charge in [-0.25, -0.2) is 4.98 Å². The van der Waals surface area contributed by atoms with Gasteiger partial charge in [0.25, 0.3) is 0 Å². The van der Waals surface area contributed by atoms with E-state index < -0.39 is 0 Å². The van der Waals surface area contributed by atoms with Gasteiger partial charge < -0.3 is 10.3 Å². The first-order chi connectivity index (χ1) is 7.31. The molecule has 5 heteroatoms. The lowest BCUT2D eigenvalue weighted by Crippen LogP contribution is -2.17.